The van der Waals surface area contributed by atoms with Crippen LogP contribution >= 0.6 is 22.6 Å². The molecule has 0 saturated carbocycles. The molecule has 2 heterocycles. The quantitative estimate of drug-likeness (QED) is 0.798. The minimum Gasteiger partial charge on any atom is -0.339 e. The summed E-state index contributed by atoms with van der Waals surface area (Å²) < 4.78 is 1.17. The van der Waals surface area contributed by atoms with Crippen molar-refractivity contribution in [1.82, 2.24) is 15.2 Å². The van der Waals surface area contributed by atoms with Gasteiger partial charge in [0.05, 0.1) is 0 Å². The zero-order valence-corrected chi connectivity index (χ0v) is 13.4. The largest absolute Gasteiger partial charge is 0.339 e. The third-order valence-electron chi connectivity index (χ3n) is 3.74. The van der Waals surface area contributed by atoms with Crippen molar-refractivity contribution in [1.29, 1.82) is 0 Å². The van der Waals surface area contributed by atoms with Crippen molar-refractivity contribution < 1.29 is 0 Å². The Bertz CT molecular complexity index is 582. The second-order valence-electron chi connectivity index (χ2n) is 5.15. The van der Waals surface area contributed by atoms with Gasteiger partial charge in [-0.3, -0.25) is 5.10 Å². The number of piperidine rings is 1. The maximum Gasteiger partial charge on any atom is 0.245 e. The lowest BCUT2D eigenvalue weighted by Gasteiger charge is -2.31. The molecule has 1 unspecified atom stereocenters. The monoisotopic (exact) mass is 383 g/mol. The van der Waals surface area contributed by atoms with Crippen molar-refractivity contribution in [2.24, 2.45) is 11.7 Å². The van der Waals surface area contributed by atoms with Gasteiger partial charge in [0, 0.05) is 22.2 Å². The standard InChI is InChI=1S/C14H18IN5/c15-12-6-2-1-5-11(12)13-17-14(19-18-13)20-7-3-4-10(8-16)9-20/h1-2,5-6,10H,3-4,7-9,16H2,(H,17,18,19). The lowest BCUT2D eigenvalue weighted by atomic mass is 9.99. The number of benzene rings is 1. The number of nitrogens with zero attached hydrogens (tertiary/aromatic N) is 3. The number of rotatable bonds is 3. The zero-order valence-electron chi connectivity index (χ0n) is 11.2. The van der Waals surface area contributed by atoms with Gasteiger partial charge in [0.25, 0.3) is 0 Å². The highest BCUT2D eigenvalue weighted by Gasteiger charge is 2.22. The maximum atomic E-state index is 5.78. The molecular weight excluding hydrogens is 365 g/mol. The van der Waals surface area contributed by atoms with E-state index >= 15 is 0 Å². The van der Waals surface area contributed by atoms with Crippen LogP contribution < -0.4 is 10.6 Å². The molecule has 1 aromatic carbocycles. The maximum absolute atomic E-state index is 5.78. The number of nitrogens with two attached hydrogens (primary N) is 1. The van der Waals surface area contributed by atoms with Gasteiger partial charge < -0.3 is 10.6 Å². The van der Waals surface area contributed by atoms with E-state index in [1.807, 2.05) is 12.1 Å². The molecule has 20 heavy (non-hydrogen) atoms. The highest BCUT2D eigenvalue weighted by atomic mass is 127. The van der Waals surface area contributed by atoms with Crippen LogP contribution in [0.2, 0.25) is 0 Å². The number of nitrogens with one attached hydrogen (secondary N) is 1. The van der Waals surface area contributed by atoms with Gasteiger partial charge in [-0.25, -0.2) is 0 Å². The summed E-state index contributed by atoms with van der Waals surface area (Å²) in [4.78, 5) is 6.88. The number of aromatic nitrogens is 3. The van der Waals surface area contributed by atoms with Gasteiger partial charge in [-0.1, -0.05) is 18.2 Å². The Morgan fingerprint density at radius 2 is 2.25 bits per heavy atom. The molecule has 106 valence electrons. The molecule has 3 N–H and O–H groups in total. The minimum atomic E-state index is 0.558. The molecule has 1 aliphatic rings. The van der Waals surface area contributed by atoms with Crippen molar-refractivity contribution in [2.75, 3.05) is 24.5 Å². The van der Waals surface area contributed by atoms with Gasteiger partial charge in [0.2, 0.25) is 5.95 Å². The average molecular weight is 383 g/mol. The van der Waals surface area contributed by atoms with Crippen LogP contribution in [0.1, 0.15) is 12.8 Å². The normalized spacial score (nSPS) is 19.3. The van der Waals surface area contributed by atoms with Gasteiger partial charge >= 0.3 is 0 Å². The molecule has 0 radical (unpaired) electrons. The van der Waals surface area contributed by atoms with E-state index in [1.54, 1.807) is 0 Å². The Hall–Kier alpha value is -1.15. The molecule has 0 amide bonds. The fraction of sp³-hybridized carbons (Fsp3) is 0.429. The van der Waals surface area contributed by atoms with Crippen molar-refractivity contribution in [3.63, 3.8) is 0 Å². The summed E-state index contributed by atoms with van der Waals surface area (Å²) in [5.41, 5.74) is 6.88. The fourth-order valence-electron chi connectivity index (χ4n) is 2.61. The van der Waals surface area contributed by atoms with Crippen LogP contribution in [-0.2, 0) is 0 Å². The number of anilines is 1. The van der Waals surface area contributed by atoms with Crippen molar-refractivity contribution >= 4 is 28.5 Å². The average Bonchev–Trinajstić information content (AvgIpc) is 2.97. The molecule has 3 rings (SSSR count). The first kappa shape index (κ1) is 13.8. The fourth-order valence-corrected chi connectivity index (χ4v) is 3.25. The van der Waals surface area contributed by atoms with Gasteiger partial charge in [-0.05, 0) is 54.0 Å². The Balaban J connectivity index is 1.82. The van der Waals surface area contributed by atoms with Crippen molar-refractivity contribution in [3.8, 4) is 11.4 Å². The summed E-state index contributed by atoms with van der Waals surface area (Å²) in [5.74, 6) is 2.18. The minimum absolute atomic E-state index is 0.558. The summed E-state index contributed by atoms with van der Waals surface area (Å²) in [5, 5.41) is 7.43. The molecule has 1 atom stereocenters. The third-order valence-corrected chi connectivity index (χ3v) is 4.68. The number of H-pyrrole nitrogens is 1. The zero-order chi connectivity index (χ0) is 13.9. The van der Waals surface area contributed by atoms with E-state index in [1.165, 1.54) is 9.99 Å². The first-order chi connectivity index (χ1) is 9.78. The van der Waals surface area contributed by atoms with Crippen LogP contribution in [0.3, 0.4) is 0 Å². The topological polar surface area (TPSA) is 70.8 Å². The molecule has 6 heteroatoms. The summed E-state index contributed by atoms with van der Waals surface area (Å²) >= 11 is 2.32. The van der Waals surface area contributed by atoms with Crippen molar-refractivity contribution in [2.45, 2.75) is 12.8 Å². The second-order valence-corrected chi connectivity index (χ2v) is 6.32. The van der Waals surface area contributed by atoms with Gasteiger partial charge in [0.1, 0.15) is 0 Å². The predicted octanol–water partition coefficient (Wildman–Crippen LogP) is 2.25. The molecular formula is C14H18IN5. The molecule has 1 aromatic heterocycles. The van der Waals surface area contributed by atoms with E-state index in [4.69, 9.17) is 5.73 Å². The SMILES string of the molecule is NCC1CCCN(c2n[nH]c(-c3ccccc3I)n2)C1. The Kier molecular flexibility index (Phi) is 4.21. The molecule has 1 aliphatic heterocycles. The molecule has 1 saturated heterocycles. The first-order valence-electron chi connectivity index (χ1n) is 6.90. The molecule has 1 fully saturated rings. The van der Waals surface area contributed by atoms with Crippen LogP contribution in [0.5, 0.6) is 0 Å². The molecule has 0 spiro atoms. The lowest BCUT2D eigenvalue weighted by Crippen LogP contribution is -2.38. The van der Waals surface area contributed by atoms with E-state index in [-0.39, 0.29) is 0 Å². The number of hydrogen-bond acceptors (Lipinski definition) is 4. The van der Waals surface area contributed by atoms with E-state index in [2.05, 4.69) is 54.8 Å². The second kappa shape index (κ2) is 6.09. The lowest BCUT2D eigenvalue weighted by molar-refractivity contribution is 0.420. The Morgan fingerprint density at radius 1 is 1.40 bits per heavy atom. The summed E-state index contributed by atoms with van der Waals surface area (Å²) in [6.45, 7) is 2.71. The van der Waals surface area contributed by atoms with E-state index in [0.29, 0.717) is 5.92 Å². The molecule has 0 bridgehead atoms. The van der Waals surface area contributed by atoms with Gasteiger partial charge in [0.15, 0.2) is 5.82 Å². The number of hydrogen-bond donors (Lipinski definition) is 2. The Morgan fingerprint density at radius 3 is 3.05 bits per heavy atom. The highest BCUT2D eigenvalue weighted by molar-refractivity contribution is 14.1. The predicted molar refractivity (Wildman–Crippen MR) is 88.5 cm³/mol. The van der Waals surface area contributed by atoms with Crippen LogP contribution in [0.15, 0.2) is 24.3 Å². The third kappa shape index (κ3) is 2.80. The van der Waals surface area contributed by atoms with Crippen molar-refractivity contribution in [3.05, 3.63) is 27.8 Å². The summed E-state index contributed by atoms with van der Waals surface area (Å²) in [6.07, 6.45) is 2.37. The highest BCUT2D eigenvalue weighted by Crippen LogP contribution is 2.25. The molecule has 2 aromatic rings. The van der Waals surface area contributed by atoms with Crippen LogP contribution in [0.4, 0.5) is 5.95 Å². The van der Waals surface area contributed by atoms with E-state index in [0.717, 1.165) is 43.4 Å². The summed E-state index contributed by atoms with van der Waals surface area (Å²) in [7, 11) is 0. The van der Waals surface area contributed by atoms with Gasteiger partial charge in [-0.2, -0.15) is 4.98 Å². The summed E-state index contributed by atoms with van der Waals surface area (Å²) in [6, 6.07) is 8.18. The van der Waals surface area contributed by atoms with Crippen LogP contribution in [0, 0.1) is 9.49 Å². The van der Waals surface area contributed by atoms with Crippen LogP contribution in [0.25, 0.3) is 11.4 Å². The van der Waals surface area contributed by atoms with Gasteiger partial charge in [-0.15, -0.1) is 5.10 Å². The molecule has 0 aliphatic carbocycles. The number of aromatic amines is 1. The van der Waals surface area contributed by atoms with E-state index < -0.39 is 0 Å². The first-order valence-corrected chi connectivity index (χ1v) is 7.98. The van der Waals surface area contributed by atoms with E-state index in [9.17, 15) is 0 Å². The Labute approximate surface area is 132 Å². The molecule has 5 nitrogen and oxygen atoms in total. The van der Waals surface area contributed by atoms with Crippen LogP contribution in [-0.4, -0.2) is 34.8 Å². The number of halogens is 1. The smallest absolute Gasteiger partial charge is 0.245 e.